The standard InChI is InChI=1S/C12H16BrFN2O2/c1-16-5-6(4-15)2-8(16)10-11(13)7(14)3-9(17)12(10)18/h3,6,8,17-18H,2,4-5,15H2,1H3. The van der Waals surface area contributed by atoms with Crippen LogP contribution in [0.5, 0.6) is 11.5 Å². The van der Waals surface area contributed by atoms with Gasteiger partial charge in [-0.25, -0.2) is 4.39 Å². The number of phenolic OH excluding ortho intramolecular Hbond substituents is 2. The van der Waals surface area contributed by atoms with Crippen LogP contribution in [0.4, 0.5) is 4.39 Å². The normalized spacial score (nSPS) is 24.7. The summed E-state index contributed by atoms with van der Waals surface area (Å²) in [5.74, 6) is -0.963. The fraction of sp³-hybridized carbons (Fsp3) is 0.500. The molecule has 4 N–H and O–H groups in total. The summed E-state index contributed by atoms with van der Waals surface area (Å²) in [5, 5.41) is 19.5. The lowest BCUT2D eigenvalue weighted by Gasteiger charge is -2.22. The second kappa shape index (κ2) is 5.03. The van der Waals surface area contributed by atoms with Crippen molar-refractivity contribution in [3.05, 3.63) is 21.9 Å². The molecule has 0 aliphatic carbocycles. The van der Waals surface area contributed by atoms with Crippen LogP contribution >= 0.6 is 15.9 Å². The summed E-state index contributed by atoms with van der Waals surface area (Å²) in [6.07, 6.45) is 0.738. The lowest BCUT2D eigenvalue weighted by Crippen LogP contribution is -2.21. The summed E-state index contributed by atoms with van der Waals surface area (Å²) in [5.41, 5.74) is 6.04. The van der Waals surface area contributed by atoms with Gasteiger partial charge in [0.2, 0.25) is 0 Å². The minimum atomic E-state index is -0.579. The Hall–Kier alpha value is -0.850. The third-order valence-corrected chi connectivity index (χ3v) is 4.31. The van der Waals surface area contributed by atoms with Crippen LogP contribution in [-0.2, 0) is 0 Å². The second-order valence-electron chi connectivity index (χ2n) is 4.75. The van der Waals surface area contributed by atoms with Gasteiger partial charge in [0.15, 0.2) is 11.5 Å². The summed E-state index contributed by atoms with van der Waals surface area (Å²) in [6.45, 7) is 1.35. The van der Waals surface area contributed by atoms with Gasteiger partial charge < -0.3 is 15.9 Å². The molecule has 1 aromatic rings. The molecule has 0 bridgehead atoms. The van der Waals surface area contributed by atoms with Crippen molar-refractivity contribution >= 4 is 15.9 Å². The van der Waals surface area contributed by atoms with Crippen molar-refractivity contribution in [1.82, 2.24) is 4.90 Å². The zero-order valence-electron chi connectivity index (χ0n) is 10.0. The van der Waals surface area contributed by atoms with Gasteiger partial charge in [-0.1, -0.05) is 0 Å². The summed E-state index contributed by atoms with van der Waals surface area (Å²) in [4.78, 5) is 2.01. The number of nitrogens with two attached hydrogens (primary N) is 1. The Kier molecular flexibility index (Phi) is 3.79. The minimum absolute atomic E-state index is 0.144. The van der Waals surface area contributed by atoms with Gasteiger partial charge in [-0.3, -0.25) is 4.90 Å². The van der Waals surface area contributed by atoms with E-state index in [-0.39, 0.29) is 16.3 Å². The number of rotatable bonds is 2. The molecular formula is C12H16BrFN2O2. The molecule has 1 heterocycles. The van der Waals surface area contributed by atoms with Crippen LogP contribution in [-0.4, -0.2) is 35.3 Å². The van der Waals surface area contributed by atoms with Crippen molar-refractivity contribution in [2.45, 2.75) is 12.5 Å². The number of nitrogens with zero attached hydrogens (tertiary/aromatic N) is 1. The molecule has 2 atom stereocenters. The van der Waals surface area contributed by atoms with E-state index in [9.17, 15) is 14.6 Å². The Morgan fingerprint density at radius 1 is 1.56 bits per heavy atom. The molecule has 0 saturated carbocycles. The molecule has 0 amide bonds. The molecule has 4 nitrogen and oxygen atoms in total. The van der Waals surface area contributed by atoms with Crippen molar-refractivity contribution in [3.63, 3.8) is 0 Å². The van der Waals surface area contributed by atoms with Crippen molar-refractivity contribution < 1.29 is 14.6 Å². The maximum Gasteiger partial charge on any atom is 0.163 e. The van der Waals surface area contributed by atoms with E-state index >= 15 is 0 Å². The Morgan fingerprint density at radius 3 is 2.78 bits per heavy atom. The third kappa shape index (κ3) is 2.20. The van der Waals surface area contributed by atoms with Gasteiger partial charge in [0, 0.05) is 24.2 Å². The molecule has 0 aromatic heterocycles. The Labute approximate surface area is 113 Å². The number of aromatic hydroxyl groups is 2. The van der Waals surface area contributed by atoms with Gasteiger partial charge >= 0.3 is 0 Å². The van der Waals surface area contributed by atoms with E-state index in [4.69, 9.17) is 5.73 Å². The Bertz CT molecular complexity index is 444. The first kappa shape index (κ1) is 13.6. The van der Waals surface area contributed by atoms with Crippen LogP contribution < -0.4 is 5.73 Å². The molecule has 1 aliphatic heterocycles. The van der Waals surface area contributed by atoms with Gasteiger partial charge in [-0.15, -0.1) is 0 Å². The number of benzene rings is 1. The van der Waals surface area contributed by atoms with Gasteiger partial charge in [-0.05, 0) is 41.9 Å². The van der Waals surface area contributed by atoms with Crippen molar-refractivity contribution in [1.29, 1.82) is 0 Å². The highest BCUT2D eigenvalue weighted by Gasteiger charge is 2.34. The first-order valence-corrected chi connectivity index (χ1v) is 6.55. The van der Waals surface area contributed by atoms with Gasteiger partial charge in [0.05, 0.1) is 4.47 Å². The van der Waals surface area contributed by atoms with E-state index in [1.54, 1.807) is 0 Å². The summed E-state index contributed by atoms with van der Waals surface area (Å²) >= 11 is 3.14. The second-order valence-corrected chi connectivity index (χ2v) is 5.54. The number of likely N-dealkylation sites (tertiary alicyclic amines) is 1. The first-order valence-electron chi connectivity index (χ1n) is 5.75. The molecule has 100 valence electrons. The molecule has 2 unspecified atom stereocenters. The zero-order valence-corrected chi connectivity index (χ0v) is 11.6. The van der Waals surface area contributed by atoms with E-state index < -0.39 is 11.6 Å². The molecule has 1 aliphatic rings. The van der Waals surface area contributed by atoms with E-state index in [1.807, 2.05) is 11.9 Å². The molecule has 2 rings (SSSR count). The van der Waals surface area contributed by atoms with Crippen LogP contribution in [0.25, 0.3) is 0 Å². The summed E-state index contributed by atoms with van der Waals surface area (Å²) in [7, 11) is 1.90. The van der Waals surface area contributed by atoms with E-state index in [2.05, 4.69) is 15.9 Å². The minimum Gasteiger partial charge on any atom is -0.504 e. The van der Waals surface area contributed by atoms with E-state index in [0.717, 1.165) is 19.0 Å². The molecule has 18 heavy (non-hydrogen) atoms. The molecule has 0 radical (unpaired) electrons. The van der Waals surface area contributed by atoms with Gasteiger partial charge in [0.25, 0.3) is 0 Å². The lowest BCUT2D eigenvalue weighted by atomic mass is 9.98. The van der Waals surface area contributed by atoms with Gasteiger partial charge in [-0.2, -0.15) is 0 Å². The number of halogens is 2. The van der Waals surface area contributed by atoms with Crippen molar-refractivity contribution in [2.24, 2.45) is 11.7 Å². The molecule has 6 heteroatoms. The summed E-state index contributed by atoms with van der Waals surface area (Å²) in [6, 6.07) is 0.757. The fourth-order valence-electron chi connectivity index (χ4n) is 2.54. The average Bonchev–Trinajstić information content (AvgIpc) is 2.69. The molecular weight excluding hydrogens is 303 g/mol. The first-order chi connectivity index (χ1) is 8.45. The highest BCUT2D eigenvalue weighted by molar-refractivity contribution is 9.10. The zero-order chi connectivity index (χ0) is 13.4. The number of hydrogen-bond donors (Lipinski definition) is 3. The SMILES string of the molecule is CN1CC(CN)CC1c1c(O)c(O)cc(F)c1Br. The lowest BCUT2D eigenvalue weighted by molar-refractivity contribution is 0.299. The molecule has 0 spiro atoms. The van der Waals surface area contributed by atoms with Crippen molar-refractivity contribution in [3.8, 4) is 11.5 Å². The van der Waals surface area contributed by atoms with Crippen molar-refractivity contribution in [2.75, 3.05) is 20.1 Å². The number of phenols is 2. The van der Waals surface area contributed by atoms with Crippen LogP contribution in [0.3, 0.4) is 0 Å². The van der Waals surface area contributed by atoms with Crippen LogP contribution in [0.15, 0.2) is 10.5 Å². The molecule has 1 saturated heterocycles. The fourth-order valence-corrected chi connectivity index (χ4v) is 3.11. The average molecular weight is 319 g/mol. The van der Waals surface area contributed by atoms with Crippen LogP contribution in [0, 0.1) is 11.7 Å². The number of hydrogen-bond acceptors (Lipinski definition) is 4. The highest BCUT2D eigenvalue weighted by atomic mass is 79.9. The third-order valence-electron chi connectivity index (χ3n) is 3.51. The maximum atomic E-state index is 13.6. The van der Waals surface area contributed by atoms with E-state index in [1.165, 1.54) is 0 Å². The largest absolute Gasteiger partial charge is 0.504 e. The Morgan fingerprint density at radius 2 is 2.22 bits per heavy atom. The predicted octanol–water partition coefficient (Wildman–Crippen LogP) is 1.95. The summed E-state index contributed by atoms with van der Waals surface area (Å²) < 4.78 is 13.8. The highest BCUT2D eigenvalue weighted by Crippen LogP contribution is 2.46. The van der Waals surface area contributed by atoms with Crippen LogP contribution in [0.1, 0.15) is 18.0 Å². The monoisotopic (exact) mass is 318 g/mol. The molecule has 1 fully saturated rings. The van der Waals surface area contributed by atoms with Gasteiger partial charge in [0.1, 0.15) is 5.82 Å². The predicted molar refractivity (Wildman–Crippen MR) is 70.0 cm³/mol. The quantitative estimate of drug-likeness (QED) is 0.729. The Balaban J connectivity index is 2.45. The maximum absolute atomic E-state index is 13.6. The topological polar surface area (TPSA) is 69.7 Å². The van der Waals surface area contributed by atoms with Crippen LogP contribution in [0.2, 0.25) is 0 Å². The smallest absolute Gasteiger partial charge is 0.163 e. The van der Waals surface area contributed by atoms with E-state index in [0.29, 0.717) is 18.0 Å². The molecule has 1 aromatic carbocycles.